The molecule has 0 aliphatic carbocycles. The van der Waals surface area contributed by atoms with Crippen LogP contribution in [-0.2, 0) is 4.79 Å². The van der Waals surface area contributed by atoms with Crippen molar-refractivity contribution >= 4 is 16.8 Å². The summed E-state index contributed by atoms with van der Waals surface area (Å²) in [6.07, 6.45) is 1.79. The molecular formula is C8H14ClNO. The highest BCUT2D eigenvalue weighted by Crippen LogP contribution is 2.32. The molecule has 2 nitrogen and oxygen atoms in total. The third kappa shape index (κ3) is 1.94. The normalized spacial score (nSPS) is 25.0. The van der Waals surface area contributed by atoms with E-state index in [0.29, 0.717) is 0 Å². The minimum absolute atomic E-state index is 0.175. The minimum atomic E-state index is -0.256. The van der Waals surface area contributed by atoms with Crippen LogP contribution in [0.1, 0.15) is 19.8 Å². The van der Waals surface area contributed by atoms with Gasteiger partial charge >= 0.3 is 0 Å². The number of rotatable bonds is 1. The summed E-state index contributed by atoms with van der Waals surface area (Å²) in [6, 6.07) is 0. The molecule has 0 aromatic rings. The van der Waals surface area contributed by atoms with Gasteiger partial charge in [0.05, 0.1) is 0 Å². The van der Waals surface area contributed by atoms with Crippen molar-refractivity contribution in [3.8, 4) is 0 Å². The van der Waals surface area contributed by atoms with E-state index in [-0.39, 0.29) is 10.7 Å². The number of nitrogens with zero attached hydrogens (tertiary/aromatic N) is 1. The first-order chi connectivity index (χ1) is 5.04. The van der Waals surface area contributed by atoms with Gasteiger partial charge in [0.25, 0.3) is 0 Å². The molecule has 0 amide bonds. The first kappa shape index (κ1) is 9.01. The second-order valence-electron chi connectivity index (χ2n) is 3.64. The molecule has 0 N–H and O–H groups in total. The number of hydrogen-bond acceptors (Lipinski definition) is 2. The molecule has 64 valence electrons. The van der Waals surface area contributed by atoms with E-state index < -0.39 is 0 Å². The van der Waals surface area contributed by atoms with E-state index in [9.17, 15) is 4.79 Å². The van der Waals surface area contributed by atoms with Crippen LogP contribution in [0, 0.1) is 5.41 Å². The zero-order chi connectivity index (χ0) is 8.48. The van der Waals surface area contributed by atoms with Crippen LogP contribution in [-0.4, -0.2) is 30.3 Å². The lowest BCUT2D eigenvalue weighted by Crippen LogP contribution is -2.39. The van der Waals surface area contributed by atoms with Gasteiger partial charge in [-0.05, 0) is 44.6 Å². The Balaban J connectivity index is 2.55. The Hall–Kier alpha value is -0.0800. The summed E-state index contributed by atoms with van der Waals surface area (Å²) in [5.41, 5.74) is -0.256. The third-order valence-corrected chi connectivity index (χ3v) is 3.02. The van der Waals surface area contributed by atoms with Gasteiger partial charge in [-0.2, -0.15) is 0 Å². The SMILES string of the molecule is CN1CCC(C)(C(=O)Cl)CC1. The monoisotopic (exact) mass is 175 g/mol. The third-order valence-electron chi connectivity index (χ3n) is 2.57. The van der Waals surface area contributed by atoms with E-state index in [1.165, 1.54) is 0 Å². The molecule has 0 atom stereocenters. The fourth-order valence-electron chi connectivity index (χ4n) is 1.31. The molecule has 1 fully saturated rings. The van der Waals surface area contributed by atoms with Crippen molar-refractivity contribution in [2.24, 2.45) is 5.41 Å². The van der Waals surface area contributed by atoms with Gasteiger partial charge in [0.1, 0.15) is 0 Å². The van der Waals surface area contributed by atoms with Gasteiger partial charge in [0.15, 0.2) is 0 Å². The van der Waals surface area contributed by atoms with Crippen molar-refractivity contribution in [3.05, 3.63) is 0 Å². The average molecular weight is 176 g/mol. The summed E-state index contributed by atoms with van der Waals surface area (Å²) < 4.78 is 0. The lowest BCUT2D eigenvalue weighted by Gasteiger charge is -2.34. The number of piperidine rings is 1. The van der Waals surface area contributed by atoms with Crippen LogP contribution in [0.5, 0.6) is 0 Å². The largest absolute Gasteiger partial charge is 0.306 e. The van der Waals surface area contributed by atoms with Crippen molar-refractivity contribution in [3.63, 3.8) is 0 Å². The Morgan fingerprint density at radius 1 is 1.45 bits per heavy atom. The first-order valence-electron chi connectivity index (χ1n) is 3.93. The summed E-state index contributed by atoms with van der Waals surface area (Å²) in [7, 11) is 2.07. The highest BCUT2D eigenvalue weighted by molar-refractivity contribution is 6.64. The zero-order valence-electron chi connectivity index (χ0n) is 7.06. The Bertz CT molecular complexity index is 161. The van der Waals surface area contributed by atoms with Gasteiger partial charge in [-0.1, -0.05) is 6.92 Å². The maximum absolute atomic E-state index is 11.0. The smallest absolute Gasteiger partial charge is 0.227 e. The molecule has 0 aromatic carbocycles. The first-order valence-corrected chi connectivity index (χ1v) is 4.31. The van der Waals surface area contributed by atoms with Crippen LogP contribution >= 0.6 is 11.6 Å². The molecule has 0 spiro atoms. The second kappa shape index (κ2) is 3.11. The number of likely N-dealkylation sites (tertiary alicyclic amines) is 1. The number of carbonyl (C=O) groups excluding carboxylic acids is 1. The quantitative estimate of drug-likeness (QED) is 0.563. The van der Waals surface area contributed by atoms with Crippen LogP contribution in [0.25, 0.3) is 0 Å². The topological polar surface area (TPSA) is 20.3 Å². The van der Waals surface area contributed by atoms with Crippen molar-refractivity contribution < 1.29 is 4.79 Å². The summed E-state index contributed by atoms with van der Waals surface area (Å²) >= 11 is 5.49. The molecule has 1 aliphatic heterocycles. The lowest BCUT2D eigenvalue weighted by molar-refractivity contribution is -0.121. The molecule has 0 unspecified atom stereocenters. The highest BCUT2D eigenvalue weighted by atomic mass is 35.5. The predicted molar refractivity (Wildman–Crippen MR) is 45.7 cm³/mol. The van der Waals surface area contributed by atoms with Gasteiger partial charge in [0.2, 0.25) is 5.24 Å². The summed E-state index contributed by atoms with van der Waals surface area (Å²) in [6.45, 7) is 3.92. The highest BCUT2D eigenvalue weighted by Gasteiger charge is 2.34. The van der Waals surface area contributed by atoms with Crippen LogP contribution in [0.4, 0.5) is 0 Å². The fourth-order valence-corrected chi connectivity index (χ4v) is 1.50. The predicted octanol–water partition coefficient (Wildman–Crippen LogP) is 1.48. The Morgan fingerprint density at radius 3 is 2.27 bits per heavy atom. The standard InChI is InChI=1S/C8H14ClNO/c1-8(7(9)11)3-5-10(2)6-4-8/h3-6H2,1-2H3. The number of carbonyl (C=O) groups is 1. The number of halogens is 1. The lowest BCUT2D eigenvalue weighted by atomic mass is 9.82. The Labute approximate surface area is 72.5 Å². The van der Waals surface area contributed by atoms with Gasteiger partial charge in [-0.25, -0.2) is 0 Å². The van der Waals surface area contributed by atoms with Crippen molar-refractivity contribution in [1.29, 1.82) is 0 Å². The van der Waals surface area contributed by atoms with E-state index in [1.807, 2.05) is 6.92 Å². The summed E-state index contributed by atoms with van der Waals surface area (Å²) in [5, 5.41) is -0.175. The molecule has 0 bridgehead atoms. The average Bonchev–Trinajstić information content (AvgIpc) is 1.95. The molecule has 1 aliphatic rings. The molecule has 0 radical (unpaired) electrons. The van der Waals surface area contributed by atoms with E-state index in [1.54, 1.807) is 0 Å². The number of hydrogen-bond donors (Lipinski definition) is 0. The molecule has 0 aromatic heterocycles. The molecule has 0 saturated carbocycles. The van der Waals surface area contributed by atoms with E-state index in [4.69, 9.17) is 11.6 Å². The molecule has 1 saturated heterocycles. The van der Waals surface area contributed by atoms with Crippen molar-refractivity contribution in [2.75, 3.05) is 20.1 Å². The fraction of sp³-hybridized carbons (Fsp3) is 0.875. The minimum Gasteiger partial charge on any atom is -0.306 e. The van der Waals surface area contributed by atoms with Gasteiger partial charge < -0.3 is 4.90 Å². The Morgan fingerprint density at radius 2 is 1.91 bits per heavy atom. The molecular weight excluding hydrogens is 162 g/mol. The molecule has 3 heteroatoms. The van der Waals surface area contributed by atoms with Gasteiger partial charge in [-0.15, -0.1) is 0 Å². The van der Waals surface area contributed by atoms with E-state index >= 15 is 0 Å². The zero-order valence-corrected chi connectivity index (χ0v) is 7.82. The second-order valence-corrected chi connectivity index (χ2v) is 3.98. The Kier molecular flexibility index (Phi) is 2.55. The van der Waals surface area contributed by atoms with Crippen molar-refractivity contribution in [1.82, 2.24) is 4.90 Å². The van der Waals surface area contributed by atoms with Crippen LogP contribution < -0.4 is 0 Å². The van der Waals surface area contributed by atoms with Crippen molar-refractivity contribution in [2.45, 2.75) is 19.8 Å². The van der Waals surface area contributed by atoms with Gasteiger partial charge in [0, 0.05) is 5.41 Å². The maximum Gasteiger partial charge on any atom is 0.227 e. The summed E-state index contributed by atoms with van der Waals surface area (Å²) in [5.74, 6) is 0. The maximum atomic E-state index is 11.0. The van der Waals surface area contributed by atoms with Gasteiger partial charge in [-0.3, -0.25) is 4.79 Å². The molecule has 11 heavy (non-hydrogen) atoms. The molecule has 1 rings (SSSR count). The van der Waals surface area contributed by atoms with Crippen LogP contribution in [0.2, 0.25) is 0 Å². The summed E-state index contributed by atoms with van der Waals surface area (Å²) in [4.78, 5) is 13.2. The van der Waals surface area contributed by atoms with E-state index in [0.717, 1.165) is 25.9 Å². The van der Waals surface area contributed by atoms with Crippen LogP contribution in [0.3, 0.4) is 0 Å². The van der Waals surface area contributed by atoms with E-state index in [2.05, 4.69) is 11.9 Å². The van der Waals surface area contributed by atoms with Crippen LogP contribution in [0.15, 0.2) is 0 Å². The molecule has 1 heterocycles.